The summed E-state index contributed by atoms with van der Waals surface area (Å²) in [5.41, 5.74) is 2.98. The summed E-state index contributed by atoms with van der Waals surface area (Å²) < 4.78 is 6.67. The summed E-state index contributed by atoms with van der Waals surface area (Å²) in [6.45, 7) is 1.94. The lowest BCUT2D eigenvalue weighted by molar-refractivity contribution is -0.116. The van der Waals surface area contributed by atoms with E-state index in [-0.39, 0.29) is 11.8 Å². The van der Waals surface area contributed by atoms with E-state index in [1.165, 1.54) is 7.11 Å². The summed E-state index contributed by atoms with van der Waals surface area (Å²) in [5.74, 6) is 1.54. The Bertz CT molecular complexity index is 919. The first-order valence-corrected chi connectivity index (χ1v) is 8.00. The van der Waals surface area contributed by atoms with Crippen LogP contribution < -0.4 is 10.1 Å². The Kier molecular flexibility index (Phi) is 3.68. The maximum absolute atomic E-state index is 12.3. The molecule has 0 bridgehead atoms. The van der Waals surface area contributed by atoms with Gasteiger partial charge in [0.1, 0.15) is 5.82 Å². The molecule has 0 saturated carbocycles. The third kappa shape index (κ3) is 2.63. The van der Waals surface area contributed by atoms with Gasteiger partial charge in [-0.1, -0.05) is 30.3 Å². The molecule has 1 aromatic carbocycles. The summed E-state index contributed by atoms with van der Waals surface area (Å²) >= 11 is 0. The minimum Gasteiger partial charge on any atom is -0.480 e. The Morgan fingerprint density at radius 2 is 1.96 bits per heavy atom. The SMILES string of the molecule is COc1ccc(-n2nc(C)c3c2NC(=O)C[C@@H]3c2ccccc2)nn1. The van der Waals surface area contributed by atoms with Gasteiger partial charge >= 0.3 is 0 Å². The third-order valence-corrected chi connectivity index (χ3v) is 4.36. The number of amides is 1. The molecule has 1 aliphatic heterocycles. The number of ether oxygens (including phenoxy) is 1. The van der Waals surface area contributed by atoms with E-state index in [0.717, 1.165) is 16.8 Å². The number of anilines is 1. The summed E-state index contributed by atoms with van der Waals surface area (Å²) in [4.78, 5) is 12.3. The molecule has 3 heterocycles. The molecular formula is C18H17N5O2. The first kappa shape index (κ1) is 15.3. The highest BCUT2D eigenvalue weighted by atomic mass is 16.5. The topological polar surface area (TPSA) is 81.9 Å². The average molecular weight is 335 g/mol. The van der Waals surface area contributed by atoms with Gasteiger partial charge in [0.15, 0.2) is 5.82 Å². The zero-order chi connectivity index (χ0) is 17.4. The molecule has 7 heteroatoms. The summed E-state index contributed by atoms with van der Waals surface area (Å²) in [5, 5.41) is 15.6. The van der Waals surface area contributed by atoms with E-state index < -0.39 is 0 Å². The fourth-order valence-corrected chi connectivity index (χ4v) is 3.22. The van der Waals surface area contributed by atoms with Crippen molar-refractivity contribution in [2.24, 2.45) is 0 Å². The Hall–Kier alpha value is -3.22. The number of hydrogen-bond donors (Lipinski definition) is 1. The quantitative estimate of drug-likeness (QED) is 0.795. The lowest BCUT2D eigenvalue weighted by Crippen LogP contribution is -2.25. The maximum Gasteiger partial charge on any atom is 0.233 e. The molecule has 0 spiro atoms. The fourth-order valence-electron chi connectivity index (χ4n) is 3.22. The number of aromatic nitrogens is 4. The largest absolute Gasteiger partial charge is 0.480 e. The van der Waals surface area contributed by atoms with Crippen molar-refractivity contribution in [2.45, 2.75) is 19.3 Å². The van der Waals surface area contributed by atoms with Gasteiger partial charge in [-0.25, -0.2) is 0 Å². The van der Waals surface area contributed by atoms with Crippen LogP contribution in [0.2, 0.25) is 0 Å². The van der Waals surface area contributed by atoms with Crippen LogP contribution in [-0.2, 0) is 4.79 Å². The van der Waals surface area contributed by atoms with Gasteiger partial charge in [-0.2, -0.15) is 9.78 Å². The van der Waals surface area contributed by atoms with Gasteiger partial charge < -0.3 is 10.1 Å². The summed E-state index contributed by atoms with van der Waals surface area (Å²) in [7, 11) is 1.54. The molecule has 0 unspecified atom stereocenters. The monoisotopic (exact) mass is 335 g/mol. The highest BCUT2D eigenvalue weighted by molar-refractivity contribution is 5.95. The van der Waals surface area contributed by atoms with E-state index in [1.54, 1.807) is 16.8 Å². The Labute approximate surface area is 144 Å². The van der Waals surface area contributed by atoms with E-state index in [0.29, 0.717) is 23.9 Å². The number of carbonyl (C=O) groups excluding carboxylic acids is 1. The number of benzene rings is 1. The van der Waals surface area contributed by atoms with Crippen molar-refractivity contribution >= 4 is 11.7 Å². The molecule has 1 aliphatic rings. The normalized spacial score (nSPS) is 16.2. The molecule has 0 saturated heterocycles. The van der Waals surface area contributed by atoms with Crippen molar-refractivity contribution in [3.8, 4) is 11.7 Å². The fraction of sp³-hybridized carbons (Fsp3) is 0.222. The standard InChI is InChI=1S/C18H17N5O2/c1-11-17-13(12-6-4-3-5-7-12)10-15(24)19-18(17)23(22-11)14-8-9-16(25-2)21-20-14/h3-9,13H,10H2,1-2H3,(H,19,24)/t13-/m1/s1. The predicted molar refractivity (Wildman–Crippen MR) is 92.0 cm³/mol. The molecule has 126 valence electrons. The van der Waals surface area contributed by atoms with E-state index in [9.17, 15) is 4.79 Å². The smallest absolute Gasteiger partial charge is 0.233 e. The number of aryl methyl sites for hydroxylation is 1. The van der Waals surface area contributed by atoms with Gasteiger partial charge in [-0.15, -0.1) is 10.2 Å². The van der Waals surface area contributed by atoms with Crippen LogP contribution in [0.4, 0.5) is 5.82 Å². The van der Waals surface area contributed by atoms with Crippen LogP contribution in [0.25, 0.3) is 5.82 Å². The molecule has 25 heavy (non-hydrogen) atoms. The first-order valence-electron chi connectivity index (χ1n) is 8.00. The van der Waals surface area contributed by atoms with Gasteiger partial charge in [0.25, 0.3) is 0 Å². The van der Waals surface area contributed by atoms with Crippen LogP contribution in [0.1, 0.15) is 29.2 Å². The number of rotatable bonds is 3. The van der Waals surface area contributed by atoms with Crippen molar-refractivity contribution in [1.29, 1.82) is 0 Å². The van der Waals surface area contributed by atoms with Crippen molar-refractivity contribution < 1.29 is 9.53 Å². The maximum atomic E-state index is 12.3. The molecule has 4 rings (SSSR count). The Morgan fingerprint density at radius 3 is 2.64 bits per heavy atom. The minimum absolute atomic E-state index is 0.0232. The minimum atomic E-state index is -0.0380. The van der Waals surface area contributed by atoms with Crippen LogP contribution >= 0.6 is 0 Å². The average Bonchev–Trinajstić information content (AvgIpc) is 2.98. The van der Waals surface area contributed by atoms with Crippen LogP contribution in [0.3, 0.4) is 0 Å². The van der Waals surface area contributed by atoms with Crippen molar-refractivity contribution in [2.75, 3.05) is 12.4 Å². The van der Waals surface area contributed by atoms with Crippen LogP contribution in [0.15, 0.2) is 42.5 Å². The summed E-state index contributed by atoms with van der Waals surface area (Å²) in [6.07, 6.45) is 0.401. The van der Waals surface area contributed by atoms with E-state index >= 15 is 0 Å². The molecule has 1 amide bonds. The second-order valence-electron chi connectivity index (χ2n) is 5.91. The van der Waals surface area contributed by atoms with E-state index in [4.69, 9.17) is 4.74 Å². The van der Waals surface area contributed by atoms with Crippen LogP contribution in [0, 0.1) is 6.92 Å². The number of carbonyl (C=O) groups is 1. The van der Waals surface area contributed by atoms with Gasteiger partial charge in [0.05, 0.1) is 12.8 Å². The van der Waals surface area contributed by atoms with Gasteiger partial charge in [-0.05, 0) is 18.6 Å². The number of nitrogens with zero attached hydrogens (tertiary/aromatic N) is 4. The number of nitrogens with one attached hydrogen (secondary N) is 1. The number of methoxy groups -OCH3 is 1. The zero-order valence-electron chi connectivity index (χ0n) is 13.9. The predicted octanol–water partition coefficient (Wildman–Crippen LogP) is 2.45. The second kappa shape index (κ2) is 6.01. The Balaban J connectivity index is 1.84. The highest BCUT2D eigenvalue weighted by Gasteiger charge is 2.32. The first-order chi connectivity index (χ1) is 12.2. The van der Waals surface area contributed by atoms with Crippen LogP contribution in [0.5, 0.6) is 5.88 Å². The lowest BCUT2D eigenvalue weighted by Gasteiger charge is -2.24. The molecule has 0 radical (unpaired) electrons. The van der Waals surface area contributed by atoms with Crippen molar-refractivity contribution in [3.63, 3.8) is 0 Å². The van der Waals surface area contributed by atoms with E-state index in [2.05, 4.69) is 20.6 Å². The molecule has 1 atom stereocenters. The lowest BCUT2D eigenvalue weighted by atomic mass is 9.86. The molecule has 3 aromatic rings. The molecule has 1 N–H and O–H groups in total. The molecular weight excluding hydrogens is 318 g/mol. The Morgan fingerprint density at radius 1 is 1.16 bits per heavy atom. The van der Waals surface area contributed by atoms with Crippen molar-refractivity contribution in [1.82, 2.24) is 20.0 Å². The summed E-state index contributed by atoms with van der Waals surface area (Å²) in [6, 6.07) is 13.5. The van der Waals surface area contributed by atoms with Gasteiger partial charge in [-0.3, -0.25) is 4.79 Å². The van der Waals surface area contributed by atoms with Crippen LogP contribution in [-0.4, -0.2) is 33.0 Å². The second-order valence-corrected chi connectivity index (χ2v) is 5.91. The number of hydrogen-bond acceptors (Lipinski definition) is 5. The highest BCUT2D eigenvalue weighted by Crippen LogP contribution is 2.39. The van der Waals surface area contributed by atoms with E-state index in [1.807, 2.05) is 37.3 Å². The molecule has 0 aliphatic carbocycles. The number of fused-ring (bicyclic) bond motifs is 1. The van der Waals surface area contributed by atoms with Gasteiger partial charge in [0, 0.05) is 24.0 Å². The third-order valence-electron chi connectivity index (χ3n) is 4.36. The van der Waals surface area contributed by atoms with Crippen molar-refractivity contribution in [3.05, 3.63) is 59.3 Å². The molecule has 0 fully saturated rings. The molecule has 7 nitrogen and oxygen atoms in total. The molecule has 2 aromatic heterocycles. The van der Waals surface area contributed by atoms with Gasteiger partial charge in [0.2, 0.25) is 11.8 Å². The zero-order valence-corrected chi connectivity index (χ0v) is 13.9.